The normalized spacial score (nSPS) is 9.27. The van der Waals surface area contributed by atoms with E-state index in [-0.39, 0.29) is 5.48 Å². The van der Waals surface area contributed by atoms with Gasteiger partial charge in [-0.1, -0.05) is 26.7 Å². The lowest BCUT2D eigenvalue weighted by atomic mass is 10.2. The lowest BCUT2D eigenvalue weighted by Gasteiger charge is -1.98. The fourth-order valence-electron chi connectivity index (χ4n) is 1.03. The van der Waals surface area contributed by atoms with E-state index in [2.05, 4.69) is 19.2 Å². The van der Waals surface area contributed by atoms with Gasteiger partial charge < -0.3 is 10.8 Å². The third-order valence-electron chi connectivity index (χ3n) is 1.77. The van der Waals surface area contributed by atoms with Gasteiger partial charge in [-0.2, -0.15) is 0 Å². The molecule has 0 fully saturated rings. The van der Waals surface area contributed by atoms with Gasteiger partial charge in [0.05, 0.1) is 13.1 Å². The molecule has 11 heavy (non-hydrogen) atoms. The number of hydrogen-bond acceptors (Lipinski definition) is 1. The Morgan fingerprint density at radius 2 is 1.36 bits per heavy atom. The van der Waals surface area contributed by atoms with Gasteiger partial charge in [-0.05, 0) is 19.3 Å². The number of unbranched alkanes of at least 4 members (excludes halogenated alkanes) is 3. The van der Waals surface area contributed by atoms with Crippen LogP contribution in [0, 0.1) is 0 Å². The zero-order valence-corrected chi connectivity index (χ0v) is 7.97. The molecule has 0 heterocycles. The Morgan fingerprint density at radius 1 is 0.818 bits per heavy atom. The predicted molar refractivity (Wildman–Crippen MR) is 48.0 cm³/mol. The molecule has 0 aliphatic heterocycles. The van der Waals surface area contributed by atoms with Crippen molar-refractivity contribution in [2.45, 2.75) is 46.0 Å². The Labute approximate surface area is 70.7 Å². The van der Waals surface area contributed by atoms with Gasteiger partial charge in [0.25, 0.3) is 0 Å². The highest BCUT2D eigenvalue weighted by Gasteiger charge is 1.88. The molecule has 0 bridgehead atoms. The summed E-state index contributed by atoms with van der Waals surface area (Å²) in [5.74, 6) is 0. The van der Waals surface area contributed by atoms with Crippen molar-refractivity contribution in [3.8, 4) is 0 Å². The van der Waals surface area contributed by atoms with Crippen LogP contribution in [-0.2, 0) is 0 Å². The first-order chi connectivity index (χ1) is 4.91. The topological polar surface area (TPSA) is 46.6 Å². The molecule has 0 aliphatic carbocycles. The molecular weight excluding hydrogens is 138 g/mol. The molecule has 0 saturated carbocycles. The summed E-state index contributed by atoms with van der Waals surface area (Å²) in [7, 11) is 0. The van der Waals surface area contributed by atoms with Crippen LogP contribution in [0.4, 0.5) is 0 Å². The molecule has 0 aromatic carbocycles. The van der Waals surface area contributed by atoms with Crippen LogP contribution in [-0.4, -0.2) is 18.6 Å². The lowest BCUT2D eigenvalue weighted by Crippen LogP contribution is -2.84. The summed E-state index contributed by atoms with van der Waals surface area (Å²) in [6.07, 6.45) is 6.88. The first kappa shape index (κ1) is 13.5. The molecule has 70 valence electrons. The highest BCUT2D eigenvalue weighted by Crippen LogP contribution is 1.88. The molecule has 3 N–H and O–H groups in total. The van der Waals surface area contributed by atoms with E-state index in [1.807, 2.05) is 0 Å². The Morgan fingerprint density at radius 3 is 1.91 bits per heavy atom. The minimum atomic E-state index is 0. The Balaban J connectivity index is 0. The van der Waals surface area contributed by atoms with Gasteiger partial charge in [-0.3, -0.25) is 0 Å². The SMILES string of the molecule is CCCCC[NH2+]CCCC.[OH-]. The van der Waals surface area contributed by atoms with E-state index >= 15 is 0 Å². The molecule has 0 spiro atoms. The zero-order chi connectivity index (χ0) is 7.66. The molecule has 0 amide bonds. The predicted octanol–water partition coefficient (Wildman–Crippen LogP) is 1.36. The second-order valence-corrected chi connectivity index (χ2v) is 2.93. The maximum atomic E-state index is 2.44. The molecule has 2 heteroatoms. The van der Waals surface area contributed by atoms with Crippen molar-refractivity contribution in [2.75, 3.05) is 13.1 Å². The number of nitrogens with two attached hydrogens (primary N) is 1. The number of rotatable bonds is 7. The van der Waals surface area contributed by atoms with E-state index in [1.165, 1.54) is 45.2 Å². The third kappa shape index (κ3) is 13.0. The monoisotopic (exact) mass is 161 g/mol. The van der Waals surface area contributed by atoms with Crippen LogP contribution in [0.15, 0.2) is 0 Å². The standard InChI is InChI=1S/C9H21N.H2O/c1-3-5-7-9-10-8-6-4-2;/h10H,3-9H2,1-2H3;1H2. The molecule has 0 atom stereocenters. The summed E-state index contributed by atoms with van der Waals surface area (Å²) >= 11 is 0. The van der Waals surface area contributed by atoms with Crippen molar-refractivity contribution in [3.05, 3.63) is 0 Å². The third-order valence-corrected chi connectivity index (χ3v) is 1.77. The average Bonchev–Trinajstić information content (AvgIpc) is 1.97. The van der Waals surface area contributed by atoms with Crippen LogP contribution in [0.2, 0.25) is 0 Å². The van der Waals surface area contributed by atoms with Gasteiger partial charge in [-0.15, -0.1) is 0 Å². The molecule has 0 saturated heterocycles. The van der Waals surface area contributed by atoms with Crippen LogP contribution in [0.5, 0.6) is 0 Å². The molecule has 0 radical (unpaired) electrons. The maximum absolute atomic E-state index is 2.44. The molecule has 0 aromatic rings. The van der Waals surface area contributed by atoms with Crippen molar-refractivity contribution in [1.29, 1.82) is 0 Å². The minimum absolute atomic E-state index is 0. The summed E-state index contributed by atoms with van der Waals surface area (Å²) in [5.41, 5.74) is 0. The van der Waals surface area contributed by atoms with Gasteiger partial charge in [0.15, 0.2) is 0 Å². The Bertz CT molecular complexity index is 49.5. The first-order valence-corrected chi connectivity index (χ1v) is 4.73. The lowest BCUT2D eigenvalue weighted by molar-refractivity contribution is -0.655. The van der Waals surface area contributed by atoms with Crippen molar-refractivity contribution in [3.63, 3.8) is 0 Å². The smallest absolute Gasteiger partial charge is 0.0755 e. The van der Waals surface area contributed by atoms with Crippen LogP contribution in [0.1, 0.15) is 46.0 Å². The Kier molecular flexibility index (Phi) is 15.4. The van der Waals surface area contributed by atoms with E-state index in [9.17, 15) is 0 Å². The van der Waals surface area contributed by atoms with Gasteiger partial charge in [0.1, 0.15) is 0 Å². The van der Waals surface area contributed by atoms with E-state index < -0.39 is 0 Å². The highest BCUT2D eigenvalue weighted by atomic mass is 16.0. The summed E-state index contributed by atoms with van der Waals surface area (Å²) in [4.78, 5) is 0. The van der Waals surface area contributed by atoms with E-state index in [0.29, 0.717) is 0 Å². The summed E-state index contributed by atoms with van der Waals surface area (Å²) in [6.45, 7) is 7.18. The van der Waals surface area contributed by atoms with E-state index in [1.54, 1.807) is 0 Å². The van der Waals surface area contributed by atoms with Gasteiger partial charge in [0, 0.05) is 0 Å². The van der Waals surface area contributed by atoms with Crippen LogP contribution < -0.4 is 5.32 Å². The second-order valence-electron chi connectivity index (χ2n) is 2.93. The summed E-state index contributed by atoms with van der Waals surface area (Å²) < 4.78 is 0. The Hall–Kier alpha value is -0.0800. The zero-order valence-electron chi connectivity index (χ0n) is 7.97. The number of quaternary nitrogens is 1. The van der Waals surface area contributed by atoms with Crippen LogP contribution in [0.25, 0.3) is 0 Å². The maximum Gasteiger partial charge on any atom is 0.0755 e. The molecule has 2 nitrogen and oxygen atoms in total. The average molecular weight is 161 g/mol. The minimum Gasteiger partial charge on any atom is -0.870 e. The molecular formula is C9H23NO. The van der Waals surface area contributed by atoms with Gasteiger partial charge >= 0.3 is 0 Å². The van der Waals surface area contributed by atoms with Gasteiger partial charge in [0.2, 0.25) is 0 Å². The quantitative estimate of drug-likeness (QED) is 0.563. The molecule has 0 aromatic heterocycles. The summed E-state index contributed by atoms with van der Waals surface area (Å²) in [6, 6.07) is 0. The fourth-order valence-corrected chi connectivity index (χ4v) is 1.03. The van der Waals surface area contributed by atoms with E-state index in [0.717, 1.165) is 0 Å². The summed E-state index contributed by atoms with van der Waals surface area (Å²) in [5, 5.41) is 2.44. The largest absolute Gasteiger partial charge is 0.870 e. The molecule has 0 unspecified atom stereocenters. The molecule has 0 rings (SSSR count). The van der Waals surface area contributed by atoms with Crippen LogP contribution >= 0.6 is 0 Å². The second kappa shape index (κ2) is 12.6. The van der Waals surface area contributed by atoms with Crippen LogP contribution in [0.3, 0.4) is 0 Å². The van der Waals surface area contributed by atoms with E-state index in [4.69, 9.17) is 0 Å². The first-order valence-electron chi connectivity index (χ1n) is 4.73. The van der Waals surface area contributed by atoms with Crippen molar-refractivity contribution in [1.82, 2.24) is 0 Å². The fraction of sp³-hybridized carbons (Fsp3) is 1.00. The molecule has 0 aliphatic rings. The van der Waals surface area contributed by atoms with Crippen molar-refractivity contribution < 1.29 is 10.8 Å². The highest BCUT2D eigenvalue weighted by molar-refractivity contribution is 4.33. The van der Waals surface area contributed by atoms with Crippen molar-refractivity contribution >= 4 is 0 Å². The van der Waals surface area contributed by atoms with Gasteiger partial charge in [-0.25, -0.2) is 0 Å². The van der Waals surface area contributed by atoms with Crippen molar-refractivity contribution in [2.24, 2.45) is 0 Å². The number of hydrogen-bond donors (Lipinski definition) is 1.